The summed E-state index contributed by atoms with van der Waals surface area (Å²) in [4.78, 5) is 134. The van der Waals surface area contributed by atoms with Gasteiger partial charge >= 0.3 is 11.9 Å². The van der Waals surface area contributed by atoms with Crippen LogP contribution in [0.15, 0.2) is 78.9 Å². The number of benzene rings is 3. The minimum Gasteiger partial charge on any atom is -0.493 e. The lowest BCUT2D eigenvalue weighted by Crippen LogP contribution is -2.58. The maximum Gasteiger partial charge on any atom is 0.330 e. The molecule has 21 nitrogen and oxygen atoms in total. The Balaban J connectivity index is 1.32. The lowest BCUT2D eigenvalue weighted by atomic mass is 9.87. The molecule has 0 spiro atoms. The van der Waals surface area contributed by atoms with Gasteiger partial charge in [-0.25, -0.2) is 14.0 Å². The van der Waals surface area contributed by atoms with Gasteiger partial charge in [0, 0.05) is 52.9 Å². The van der Waals surface area contributed by atoms with Crippen molar-refractivity contribution in [3.05, 3.63) is 101 Å². The van der Waals surface area contributed by atoms with E-state index < -0.39 is 114 Å². The number of likely N-dealkylation sites (N-methyl/N-ethyl adjacent to an activating group) is 3. The van der Waals surface area contributed by atoms with Gasteiger partial charge in [0.1, 0.15) is 54.5 Å². The third kappa shape index (κ3) is 17.9. The van der Waals surface area contributed by atoms with E-state index in [0.717, 1.165) is 22.6 Å². The summed E-state index contributed by atoms with van der Waals surface area (Å²) in [6, 6.07) is 11.4. The quantitative estimate of drug-likeness (QED) is 0.187. The van der Waals surface area contributed by atoms with Crippen molar-refractivity contribution < 1.29 is 76.0 Å². The van der Waals surface area contributed by atoms with Gasteiger partial charge in [-0.15, -0.1) is 0 Å². The number of hydrogen-bond acceptors (Lipinski definition) is 15. The summed E-state index contributed by atoms with van der Waals surface area (Å²) in [5.74, 6) is -6.36. The second kappa shape index (κ2) is 30.5. The molecule has 6 amide bonds. The predicted molar refractivity (Wildman–Crippen MR) is 315 cm³/mol. The smallest absolute Gasteiger partial charge is 0.330 e. The Morgan fingerprint density at radius 3 is 2.10 bits per heavy atom. The van der Waals surface area contributed by atoms with E-state index in [9.17, 15) is 43.2 Å². The average molecular weight is 1200 g/mol. The number of ketones is 1. The molecule has 0 aliphatic carbocycles. The van der Waals surface area contributed by atoms with Gasteiger partial charge in [-0.05, 0) is 147 Å². The zero-order valence-corrected chi connectivity index (χ0v) is 51.5. The highest BCUT2D eigenvalue weighted by molar-refractivity contribution is 6.38. The van der Waals surface area contributed by atoms with Crippen LogP contribution in [0, 0.1) is 11.2 Å². The number of ether oxygens (including phenoxy) is 6. The number of rotatable bonds is 8. The molecule has 3 aliphatic heterocycles. The number of halogens is 1. The van der Waals surface area contributed by atoms with Gasteiger partial charge in [0.05, 0.1) is 31.8 Å². The second-order valence-electron chi connectivity index (χ2n) is 23.8. The first kappa shape index (κ1) is 67.2. The molecule has 6 atom stereocenters. The number of fused-ring (bicyclic) bond motifs is 4. The van der Waals surface area contributed by atoms with Gasteiger partial charge in [-0.2, -0.15) is 0 Å². The van der Waals surface area contributed by atoms with E-state index in [-0.39, 0.29) is 56.2 Å². The molecule has 3 aliphatic rings. The van der Waals surface area contributed by atoms with Crippen LogP contribution in [0.2, 0.25) is 0 Å². The first-order valence-corrected chi connectivity index (χ1v) is 29.4. The Bertz CT molecular complexity index is 2950. The van der Waals surface area contributed by atoms with Crippen molar-refractivity contribution in [2.45, 2.75) is 148 Å². The molecule has 0 unspecified atom stereocenters. The molecular formula is C64H85FN6O15. The van der Waals surface area contributed by atoms with E-state index in [2.05, 4.69) is 5.32 Å². The summed E-state index contributed by atoms with van der Waals surface area (Å²) >= 11 is 0. The number of carbonyl (C=O) groups is 9. The summed E-state index contributed by atoms with van der Waals surface area (Å²) in [7, 11) is 7.45. The summed E-state index contributed by atoms with van der Waals surface area (Å²) < 4.78 is 50.5. The van der Waals surface area contributed by atoms with E-state index in [4.69, 9.17) is 28.4 Å². The molecule has 2 saturated heterocycles. The molecule has 0 saturated carbocycles. The van der Waals surface area contributed by atoms with Crippen LogP contribution in [0.3, 0.4) is 0 Å². The van der Waals surface area contributed by atoms with Crippen LogP contribution in [0.1, 0.15) is 128 Å². The Labute approximate surface area is 503 Å². The van der Waals surface area contributed by atoms with Gasteiger partial charge in [0.15, 0.2) is 18.1 Å². The number of carbonyl (C=O) groups excluding carboxylic acids is 9. The summed E-state index contributed by atoms with van der Waals surface area (Å²) in [6.07, 6.45) is 5.66. The molecular weight excluding hydrogens is 1110 g/mol. The molecule has 2 fully saturated rings. The standard InChI is InChI=1S/C64H85FN6O15/c1-41-57(75)66-55(43-22-15-14-16-23-43)60(78)69(9)49(38-85-63(2,3)4)59(77)70-33-21-25-47(70)58(76)67(7)31-19-13-12-17-26-54(73)84-40-64(5,6)56(74)61(79)71-32-20-18-24-48(71)62(80)86-50(29-27-42-28-30-51(81-10)52(34-42)82-11)44-35-45(65)37-46(36-44)83-39-53(72)68(41)8/h14-17,22-23,26,28,30,34-37,41,47-50,55H,12-13,18-21,24-25,27,29,31-33,38-40H2,1-11H3,(H,66,75)/b26-17+/t41-,47-,48-,49-,50+,55-/m0/s1. The van der Waals surface area contributed by atoms with Gasteiger partial charge < -0.3 is 58.2 Å². The monoisotopic (exact) mass is 1200 g/mol. The van der Waals surface area contributed by atoms with E-state index in [0.29, 0.717) is 68.6 Å². The Morgan fingerprint density at radius 2 is 1.41 bits per heavy atom. The molecule has 3 aromatic carbocycles. The number of nitrogens with zero attached hydrogens (tertiary/aromatic N) is 5. The number of cyclic esters (lactones) is 2. The molecule has 3 aromatic rings. The number of nitrogens with one attached hydrogen (secondary N) is 1. The average Bonchev–Trinajstić information content (AvgIpc) is 2.38. The number of methoxy groups -OCH3 is 2. The Hall–Kier alpha value is -7.88. The molecule has 0 aromatic heterocycles. The number of aryl methyl sites for hydroxylation is 1. The molecule has 86 heavy (non-hydrogen) atoms. The first-order chi connectivity index (χ1) is 40.7. The third-order valence-corrected chi connectivity index (χ3v) is 15.8. The topological polar surface area (TPSA) is 237 Å². The fourth-order valence-corrected chi connectivity index (χ4v) is 10.4. The normalized spacial score (nSPS) is 24.0. The molecule has 3 heterocycles. The molecule has 0 radical (unpaired) electrons. The minimum absolute atomic E-state index is 0.0554. The summed E-state index contributed by atoms with van der Waals surface area (Å²) in [6.45, 7) is 9.07. The SMILES string of the molecule is COc1ccc(CC[C@H]2OC(=O)[C@@H]3CCCCN3C(=O)C(=O)C(C)(C)COC(=O)/C=C/CCCCN(C)C(=O)[C@@H]3CCCN3C(=O)[C@H](COC(C)(C)C)N(C)C(=O)[C@H](c3ccccc3)NC(=O)[C@H](C)N(C)C(=O)COc3cc(F)cc2c3)cc1OC. The zero-order chi connectivity index (χ0) is 63.0. The van der Waals surface area contributed by atoms with Crippen LogP contribution in [-0.2, 0) is 63.8 Å². The van der Waals surface area contributed by atoms with Crippen molar-refractivity contribution in [1.29, 1.82) is 0 Å². The fourth-order valence-electron chi connectivity index (χ4n) is 10.4. The highest BCUT2D eigenvalue weighted by Crippen LogP contribution is 2.34. The van der Waals surface area contributed by atoms with E-state index >= 15 is 4.39 Å². The highest BCUT2D eigenvalue weighted by atomic mass is 19.1. The number of Topliss-reactive ketones (excluding diaryl/α,β-unsaturated/α-hetero) is 1. The lowest BCUT2D eigenvalue weighted by Gasteiger charge is -2.37. The van der Waals surface area contributed by atoms with Crippen LogP contribution in [0.25, 0.3) is 0 Å². The third-order valence-electron chi connectivity index (χ3n) is 15.8. The number of amides is 6. The number of piperidine rings is 1. The van der Waals surface area contributed by atoms with Crippen LogP contribution >= 0.6 is 0 Å². The first-order valence-electron chi connectivity index (χ1n) is 29.4. The van der Waals surface area contributed by atoms with Crippen LogP contribution < -0.4 is 19.5 Å². The van der Waals surface area contributed by atoms with Gasteiger partial charge in [-0.3, -0.25) is 33.6 Å². The largest absolute Gasteiger partial charge is 0.493 e. The second-order valence-corrected chi connectivity index (χ2v) is 23.8. The zero-order valence-electron chi connectivity index (χ0n) is 51.5. The maximum atomic E-state index is 15.8. The van der Waals surface area contributed by atoms with Gasteiger partial charge in [0.2, 0.25) is 29.4 Å². The minimum atomic E-state index is -1.50. The molecule has 22 heteroatoms. The van der Waals surface area contributed by atoms with Crippen molar-refractivity contribution in [3.63, 3.8) is 0 Å². The van der Waals surface area contributed by atoms with Crippen molar-refractivity contribution in [1.82, 2.24) is 29.8 Å². The summed E-state index contributed by atoms with van der Waals surface area (Å²) in [5, 5.41) is 2.80. The number of allylic oxidation sites excluding steroid dienone is 1. The van der Waals surface area contributed by atoms with E-state index in [1.165, 1.54) is 75.9 Å². The molecule has 468 valence electrons. The number of esters is 2. The van der Waals surface area contributed by atoms with Crippen molar-refractivity contribution in [3.8, 4) is 17.2 Å². The lowest BCUT2D eigenvalue weighted by molar-refractivity contribution is -0.165. The molecule has 1 N–H and O–H groups in total. The van der Waals surface area contributed by atoms with Crippen molar-refractivity contribution >= 4 is 53.2 Å². The fraction of sp³-hybridized carbons (Fsp3) is 0.547. The molecule has 2 bridgehead atoms. The van der Waals surface area contributed by atoms with Crippen molar-refractivity contribution in [2.24, 2.45) is 5.41 Å². The predicted octanol–water partition coefficient (Wildman–Crippen LogP) is 6.49. The van der Waals surface area contributed by atoms with E-state index in [1.807, 2.05) is 0 Å². The van der Waals surface area contributed by atoms with Crippen LogP contribution in [-0.4, -0.2) is 182 Å². The summed E-state index contributed by atoms with van der Waals surface area (Å²) in [5.41, 5.74) is -0.977. The van der Waals surface area contributed by atoms with Gasteiger partial charge in [0.25, 0.3) is 11.8 Å². The number of hydrogen-bond donors (Lipinski definition) is 1. The molecule has 6 rings (SSSR count). The van der Waals surface area contributed by atoms with Crippen LogP contribution in [0.5, 0.6) is 17.2 Å². The Kier molecular flexibility index (Phi) is 23.8. The van der Waals surface area contributed by atoms with Crippen LogP contribution in [0.4, 0.5) is 4.39 Å². The van der Waals surface area contributed by atoms with Crippen molar-refractivity contribution in [2.75, 3.05) is 74.8 Å². The highest BCUT2D eigenvalue weighted by Gasteiger charge is 2.45. The Morgan fingerprint density at radius 1 is 0.721 bits per heavy atom. The maximum absolute atomic E-state index is 15.8. The van der Waals surface area contributed by atoms with E-state index in [1.54, 1.807) is 87.3 Å². The van der Waals surface area contributed by atoms with Gasteiger partial charge in [-0.1, -0.05) is 42.5 Å².